The number of ether oxygens (including phenoxy) is 2. The molecule has 5 nitrogen and oxygen atoms in total. The van der Waals surface area contributed by atoms with E-state index in [1.165, 1.54) is 12.1 Å². The van der Waals surface area contributed by atoms with Crippen molar-refractivity contribution in [2.45, 2.75) is 32.3 Å². The molecule has 1 aromatic carbocycles. The number of benzene rings is 1. The molecule has 0 bridgehead atoms. The number of nitrogens with zero attached hydrogens (tertiary/aromatic N) is 2. The van der Waals surface area contributed by atoms with Gasteiger partial charge in [-0.05, 0) is 43.5 Å². The summed E-state index contributed by atoms with van der Waals surface area (Å²) in [5.74, 6) is 0.399. The van der Waals surface area contributed by atoms with Gasteiger partial charge in [-0.2, -0.15) is 8.78 Å². The number of carbonyl (C=O) groups excluding carboxylic acids is 1. The third-order valence-corrected chi connectivity index (χ3v) is 5.37. The number of hydrogen-bond donors (Lipinski definition) is 0. The van der Waals surface area contributed by atoms with Crippen molar-refractivity contribution in [1.29, 1.82) is 0 Å². The number of aromatic nitrogens is 1. The van der Waals surface area contributed by atoms with Crippen LogP contribution >= 0.6 is 11.3 Å². The maximum Gasteiger partial charge on any atom is 0.387 e. The fourth-order valence-corrected chi connectivity index (χ4v) is 3.95. The van der Waals surface area contributed by atoms with Gasteiger partial charge in [0.25, 0.3) is 0 Å². The van der Waals surface area contributed by atoms with Gasteiger partial charge in [0, 0.05) is 36.7 Å². The number of alkyl halides is 2. The monoisotopic (exact) mass is 408 g/mol. The van der Waals surface area contributed by atoms with E-state index >= 15 is 0 Å². The summed E-state index contributed by atoms with van der Waals surface area (Å²) in [6.45, 7) is 0.524. The zero-order valence-corrected chi connectivity index (χ0v) is 16.3. The molecule has 1 saturated heterocycles. The first-order valence-electron chi connectivity index (χ1n) is 9.15. The van der Waals surface area contributed by atoms with Crippen molar-refractivity contribution in [2.24, 2.45) is 0 Å². The van der Waals surface area contributed by atoms with Crippen LogP contribution in [0.1, 0.15) is 36.3 Å². The van der Waals surface area contributed by atoms with E-state index in [0.717, 1.165) is 24.4 Å². The largest absolute Gasteiger partial charge is 0.490 e. The zero-order chi connectivity index (χ0) is 19.9. The molecule has 8 heteroatoms. The molecular formula is C20H22F2N2O3S. The summed E-state index contributed by atoms with van der Waals surface area (Å²) in [6, 6.07) is 4.61. The number of piperidine rings is 1. The second kappa shape index (κ2) is 9.64. The van der Waals surface area contributed by atoms with Gasteiger partial charge in [0.1, 0.15) is 0 Å². The van der Waals surface area contributed by atoms with Crippen LogP contribution in [0.25, 0.3) is 6.08 Å². The van der Waals surface area contributed by atoms with Crippen LogP contribution in [0.3, 0.4) is 0 Å². The maximum absolute atomic E-state index is 12.6. The Balaban J connectivity index is 1.67. The first kappa shape index (κ1) is 20.3. The Morgan fingerprint density at radius 2 is 2.29 bits per heavy atom. The van der Waals surface area contributed by atoms with Crippen LogP contribution in [0.4, 0.5) is 8.78 Å². The topological polar surface area (TPSA) is 51.7 Å². The molecule has 1 atom stereocenters. The fourth-order valence-electron chi connectivity index (χ4n) is 3.18. The Morgan fingerprint density at radius 3 is 3.00 bits per heavy atom. The lowest BCUT2D eigenvalue weighted by atomic mass is 9.98. The van der Waals surface area contributed by atoms with Crippen LogP contribution < -0.4 is 9.47 Å². The Morgan fingerprint density at radius 1 is 1.43 bits per heavy atom. The summed E-state index contributed by atoms with van der Waals surface area (Å²) < 4.78 is 34.8. The van der Waals surface area contributed by atoms with E-state index < -0.39 is 6.61 Å². The van der Waals surface area contributed by atoms with E-state index in [-0.39, 0.29) is 23.3 Å². The zero-order valence-electron chi connectivity index (χ0n) is 15.5. The molecule has 2 aromatic rings. The standard InChI is InChI=1S/C20H22F2N2O3S/c1-2-26-17-12-14(5-7-16(17)27-20(21)22)6-8-18(25)24-10-3-4-15(13-24)19-23-9-11-28-19/h5-9,11-12,15,20H,2-4,10,13H2,1H3/b8-6+. The van der Waals surface area contributed by atoms with E-state index in [4.69, 9.17) is 4.74 Å². The molecule has 1 aliphatic rings. The quantitative estimate of drug-likeness (QED) is 0.630. The van der Waals surface area contributed by atoms with Gasteiger partial charge in [-0.3, -0.25) is 4.79 Å². The Hall–Kier alpha value is -2.48. The van der Waals surface area contributed by atoms with E-state index in [1.54, 1.807) is 42.7 Å². The fraction of sp³-hybridized carbons (Fsp3) is 0.400. The molecule has 0 N–H and O–H groups in total. The van der Waals surface area contributed by atoms with Gasteiger partial charge in [0.2, 0.25) is 5.91 Å². The normalized spacial score (nSPS) is 17.3. The molecule has 0 aliphatic carbocycles. The Kier molecular flexibility index (Phi) is 6.97. The minimum atomic E-state index is -2.92. The van der Waals surface area contributed by atoms with Crippen molar-refractivity contribution in [1.82, 2.24) is 9.88 Å². The number of likely N-dealkylation sites (tertiary alicyclic amines) is 1. The van der Waals surface area contributed by atoms with Crippen LogP contribution in [0.5, 0.6) is 11.5 Å². The number of halogens is 2. The minimum Gasteiger partial charge on any atom is -0.490 e. The van der Waals surface area contributed by atoms with Gasteiger partial charge in [-0.15, -0.1) is 11.3 Å². The van der Waals surface area contributed by atoms with Crippen molar-refractivity contribution in [3.8, 4) is 11.5 Å². The highest BCUT2D eigenvalue weighted by molar-refractivity contribution is 7.09. The van der Waals surface area contributed by atoms with Crippen molar-refractivity contribution >= 4 is 23.3 Å². The molecule has 3 rings (SSSR count). The highest BCUT2D eigenvalue weighted by Crippen LogP contribution is 2.31. The van der Waals surface area contributed by atoms with Crippen molar-refractivity contribution in [3.63, 3.8) is 0 Å². The average Bonchev–Trinajstić information content (AvgIpc) is 3.23. The molecule has 0 saturated carbocycles. The lowest BCUT2D eigenvalue weighted by Crippen LogP contribution is -2.38. The van der Waals surface area contributed by atoms with Crippen LogP contribution in [0.2, 0.25) is 0 Å². The molecule has 1 aromatic heterocycles. The predicted octanol–water partition coefficient (Wildman–Crippen LogP) is 4.56. The van der Waals surface area contributed by atoms with Gasteiger partial charge >= 0.3 is 6.61 Å². The first-order chi connectivity index (χ1) is 13.6. The van der Waals surface area contributed by atoms with Gasteiger partial charge < -0.3 is 14.4 Å². The molecule has 28 heavy (non-hydrogen) atoms. The van der Waals surface area contributed by atoms with E-state index in [0.29, 0.717) is 18.7 Å². The summed E-state index contributed by atoms with van der Waals surface area (Å²) in [4.78, 5) is 18.8. The summed E-state index contributed by atoms with van der Waals surface area (Å²) >= 11 is 1.62. The predicted molar refractivity (Wildman–Crippen MR) is 104 cm³/mol. The number of rotatable bonds is 7. The van der Waals surface area contributed by atoms with Crippen molar-refractivity contribution in [2.75, 3.05) is 19.7 Å². The second-order valence-corrected chi connectivity index (χ2v) is 7.27. The molecule has 1 amide bonds. The smallest absolute Gasteiger partial charge is 0.387 e. The lowest BCUT2D eigenvalue weighted by molar-refractivity contribution is -0.127. The Labute approximate surface area is 166 Å². The molecule has 1 fully saturated rings. The molecule has 2 heterocycles. The molecule has 1 unspecified atom stereocenters. The van der Waals surface area contributed by atoms with Crippen LogP contribution in [0.15, 0.2) is 35.9 Å². The molecular weight excluding hydrogens is 386 g/mol. The highest BCUT2D eigenvalue weighted by atomic mass is 32.1. The lowest BCUT2D eigenvalue weighted by Gasteiger charge is -2.31. The summed E-state index contributed by atoms with van der Waals surface area (Å²) in [7, 11) is 0. The van der Waals surface area contributed by atoms with Crippen molar-refractivity contribution < 1.29 is 23.0 Å². The summed E-state index contributed by atoms with van der Waals surface area (Å²) in [6.07, 6.45) is 6.92. The molecule has 0 radical (unpaired) electrons. The van der Waals surface area contributed by atoms with E-state index in [1.807, 2.05) is 10.3 Å². The van der Waals surface area contributed by atoms with Crippen LogP contribution in [-0.2, 0) is 4.79 Å². The maximum atomic E-state index is 12.6. The number of carbonyl (C=O) groups is 1. The van der Waals surface area contributed by atoms with Gasteiger partial charge in [-0.1, -0.05) is 6.07 Å². The Bertz CT molecular complexity index is 812. The van der Waals surface area contributed by atoms with Gasteiger partial charge in [0.15, 0.2) is 11.5 Å². The van der Waals surface area contributed by atoms with Gasteiger partial charge in [0.05, 0.1) is 11.6 Å². The highest BCUT2D eigenvalue weighted by Gasteiger charge is 2.25. The van der Waals surface area contributed by atoms with E-state index in [9.17, 15) is 13.6 Å². The molecule has 1 aliphatic heterocycles. The second-order valence-electron chi connectivity index (χ2n) is 6.34. The SMILES string of the molecule is CCOc1cc(/C=C/C(=O)N2CCCC(c3nccs3)C2)ccc1OC(F)F. The van der Waals surface area contributed by atoms with Gasteiger partial charge in [-0.25, -0.2) is 4.98 Å². The number of thiazole rings is 1. The molecule has 0 spiro atoms. The number of hydrogen-bond acceptors (Lipinski definition) is 5. The summed E-state index contributed by atoms with van der Waals surface area (Å²) in [5, 5.41) is 3.02. The van der Waals surface area contributed by atoms with E-state index in [2.05, 4.69) is 9.72 Å². The third-order valence-electron chi connectivity index (χ3n) is 4.44. The number of amides is 1. The summed E-state index contributed by atoms with van der Waals surface area (Å²) in [5.41, 5.74) is 0.673. The van der Waals surface area contributed by atoms with Crippen LogP contribution in [-0.4, -0.2) is 42.1 Å². The minimum absolute atomic E-state index is 0.0253. The molecule has 150 valence electrons. The van der Waals surface area contributed by atoms with Crippen LogP contribution in [0, 0.1) is 0 Å². The average molecular weight is 408 g/mol. The third kappa shape index (κ3) is 5.28. The first-order valence-corrected chi connectivity index (χ1v) is 10.0. The van der Waals surface area contributed by atoms with Crippen molar-refractivity contribution in [3.05, 3.63) is 46.4 Å².